The summed E-state index contributed by atoms with van der Waals surface area (Å²) in [4.78, 5) is 26.8. The van der Waals surface area contributed by atoms with Gasteiger partial charge in [-0.3, -0.25) is 19.2 Å². The molecule has 2 heterocycles. The number of thiol groups is 1. The Morgan fingerprint density at radius 3 is 2.82 bits per heavy atom. The number of carbonyl (C=O) groups is 2. The summed E-state index contributed by atoms with van der Waals surface area (Å²) in [5, 5.41) is 4.47. The van der Waals surface area contributed by atoms with E-state index in [4.69, 9.17) is 17.4 Å². The van der Waals surface area contributed by atoms with Crippen molar-refractivity contribution in [2.24, 2.45) is 5.92 Å². The molecule has 2 fully saturated rings. The minimum atomic E-state index is -0.566. The van der Waals surface area contributed by atoms with Crippen LogP contribution in [0.5, 0.6) is 0 Å². The lowest BCUT2D eigenvalue weighted by atomic mass is 9.93. The van der Waals surface area contributed by atoms with Gasteiger partial charge in [-0.2, -0.15) is 17.7 Å². The molecule has 1 aromatic carbocycles. The highest BCUT2D eigenvalue weighted by Crippen LogP contribution is 2.39. The summed E-state index contributed by atoms with van der Waals surface area (Å²) in [7, 11) is 0. The van der Waals surface area contributed by atoms with Crippen LogP contribution in [0.1, 0.15) is 56.2 Å². The van der Waals surface area contributed by atoms with Crippen LogP contribution in [-0.4, -0.2) is 51.4 Å². The van der Waals surface area contributed by atoms with Gasteiger partial charge in [-0.05, 0) is 44.2 Å². The van der Waals surface area contributed by atoms with Crippen molar-refractivity contribution in [2.45, 2.75) is 56.9 Å². The average Bonchev–Trinajstić information content (AvgIpc) is 3.58. The number of carbonyl (C=O) groups excluding carboxylic acids is 2. The molecule has 2 atom stereocenters. The monoisotopic (exact) mass is 485 g/mol. The average molecular weight is 486 g/mol. The smallest absolute Gasteiger partial charge is 0.305 e. The number of halogens is 1. The number of rotatable bonds is 10. The maximum absolute atomic E-state index is 14.7. The van der Waals surface area contributed by atoms with E-state index in [0.717, 1.165) is 30.4 Å². The van der Waals surface area contributed by atoms with Gasteiger partial charge in [0.05, 0.1) is 18.8 Å². The SMILES string of the molecule is CCOC(=O)CCCn1cc(C=C2CN(C(C(=O)C3CC3)c3ccccc3F)CCC2S)cn1. The van der Waals surface area contributed by atoms with Crippen molar-refractivity contribution < 1.29 is 18.7 Å². The van der Waals surface area contributed by atoms with Crippen LogP contribution in [0.25, 0.3) is 6.08 Å². The Labute approximate surface area is 205 Å². The quantitative estimate of drug-likeness (QED) is 0.397. The molecule has 1 aromatic heterocycles. The summed E-state index contributed by atoms with van der Waals surface area (Å²) >= 11 is 4.78. The van der Waals surface area contributed by atoms with E-state index in [9.17, 15) is 14.0 Å². The number of aromatic nitrogens is 2. The summed E-state index contributed by atoms with van der Waals surface area (Å²) < 4.78 is 21.5. The Morgan fingerprint density at radius 2 is 2.09 bits per heavy atom. The predicted molar refractivity (Wildman–Crippen MR) is 132 cm³/mol. The lowest BCUT2D eigenvalue weighted by Crippen LogP contribution is -2.42. The number of aryl methyl sites for hydroxylation is 1. The molecule has 2 aliphatic rings. The van der Waals surface area contributed by atoms with E-state index in [1.54, 1.807) is 31.3 Å². The zero-order valence-electron chi connectivity index (χ0n) is 19.5. The fraction of sp³-hybridized carbons (Fsp3) is 0.500. The standard InChI is InChI=1S/C26H32FN3O3S/c1-2-33-24(31)8-5-12-30-16-18(15-28-30)14-20-17-29(13-11-23(20)34)25(26(32)19-9-10-19)21-6-3-4-7-22(21)27/h3-4,6-7,14-16,19,23,25,34H,2,5,8-13,17H2,1H3. The molecule has 2 unspecified atom stereocenters. The first kappa shape index (κ1) is 24.7. The first-order chi connectivity index (χ1) is 16.5. The van der Waals surface area contributed by atoms with Gasteiger partial charge in [0.15, 0.2) is 5.78 Å². The number of Topliss-reactive ketones (excluding diaryl/α,β-unsaturated/α-hetero) is 1. The molecule has 6 nitrogen and oxygen atoms in total. The predicted octanol–water partition coefficient (Wildman–Crippen LogP) is 4.47. The van der Waals surface area contributed by atoms with E-state index in [1.165, 1.54) is 6.07 Å². The number of ether oxygens (including phenoxy) is 1. The van der Waals surface area contributed by atoms with Crippen molar-refractivity contribution in [1.29, 1.82) is 0 Å². The van der Waals surface area contributed by atoms with Gasteiger partial charge in [0.25, 0.3) is 0 Å². The first-order valence-electron chi connectivity index (χ1n) is 12.0. The molecule has 8 heteroatoms. The summed E-state index contributed by atoms with van der Waals surface area (Å²) in [5.41, 5.74) is 2.50. The van der Waals surface area contributed by atoms with Gasteiger partial charge in [0, 0.05) is 54.5 Å². The molecular formula is C26H32FN3O3S. The van der Waals surface area contributed by atoms with Crippen molar-refractivity contribution >= 4 is 30.5 Å². The molecular weight excluding hydrogens is 453 g/mol. The van der Waals surface area contributed by atoms with Crippen LogP contribution >= 0.6 is 12.6 Å². The minimum Gasteiger partial charge on any atom is -0.466 e. The second-order valence-electron chi connectivity index (χ2n) is 9.04. The van der Waals surface area contributed by atoms with E-state index in [2.05, 4.69) is 16.1 Å². The second-order valence-corrected chi connectivity index (χ2v) is 9.66. The largest absolute Gasteiger partial charge is 0.466 e. The molecule has 1 aliphatic carbocycles. The number of hydrogen-bond donors (Lipinski definition) is 1. The van der Waals surface area contributed by atoms with Crippen molar-refractivity contribution in [2.75, 3.05) is 19.7 Å². The number of hydrogen-bond acceptors (Lipinski definition) is 6. The van der Waals surface area contributed by atoms with Gasteiger partial charge in [-0.15, -0.1) is 0 Å². The molecule has 1 saturated heterocycles. The zero-order chi connectivity index (χ0) is 24.1. The minimum absolute atomic E-state index is 0.0404. The number of piperidine rings is 1. The molecule has 1 saturated carbocycles. The van der Waals surface area contributed by atoms with Gasteiger partial charge in [0.1, 0.15) is 5.82 Å². The molecule has 0 bridgehead atoms. The summed E-state index contributed by atoms with van der Waals surface area (Å²) in [5.74, 6) is -0.360. The van der Waals surface area contributed by atoms with Crippen LogP contribution in [0.3, 0.4) is 0 Å². The fourth-order valence-electron chi connectivity index (χ4n) is 4.48. The number of benzene rings is 1. The molecule has 2 aromatic rings. The topological polar surface area (TPSA) is 64.4 Å². The molecule has 0 amide bonds. The summed E-state index contributed by atoms with van der Waals surface area (Å²) in [6, 6.07) is 6.05. The van der Waals surface area contributed by atoms with E-state index in [0.29, 0.717) is 44.6 Å². The summed E-state index contributed by atoms with van der Waals surface area (Å²) in [6.07, 6.45) is 9.40. The maximum atomic E-state index is 14.7. The van der Waals surface area contributed by atoms with Crippen molar-refractivity contribution in [3.8, 4) is 0 Å². The number of likely N-dealkylation sites (tertiary alicyclic amines) is 1. The van der Waals surface area contributed by atoms with Crippen LogP contribution < -0.4 is 0 Å². The third-order valence-electron chi connectivity index (χ3n) is 6.40. The van der Waals surface area contributed by atoms with Crippen molar-refractivity contribution in [1.82, 2.24) is 14.7 Å². The molecule has 0 N–H and O–H groups in total. The molecule has 34 heavy (non-hydrogen) atoms. The third-order valence-corrected chi connectivity index (χ3v) is 6.99. The van der Waals surface area contributed by atoms with Gasteiger partial charge in [-0.1, -0.05) is 24.3 Å². The Balaban J connectivity index is 1.47. The van der Waals surface area contributed by atoms with Crippen LogP contribution in [-0.2, 0) is 20.9 Å². The lowest BCUT2D eigenvalue weighted by molar-refractivity contribution is -0.143. The van der Waals surface area contributed by atoms with E-state index in [-0.39, 0.29) is 28.7 Å². The van der Waals surface area contributed by atoms with Crippen LogP contribution in [0.4, 0.5) is 4.39 Å². The highest BCUT2D eigenvalue weighted by Gasteiger charge is 2.40. The van der Waals surface area contributed by atoms with Gasteiger partial charge >= 0.3 is 5.97 Å². The Kier molecular flexibility index (Phi) is 8.21. The first-order valence-corrected chi connectivity index (χ1v) is 12.6. The van der Waals surface area contributed by atoms with Crippen molar-refractivity contribution in [3.63, 3.8) is 0 Å². The highest BCUT2D eigenvalue weighted by atomic mass is 32.1. The highest BCUT2D eigenvalue weighted by molar-refractivity contribution is 7.81. The molecule has 0 radical (unpaired) electrons. The van der Waals surface area contributed by atoms with Crippen LogP contribution in [0, 0.1) is 11.7 Å². The third kappa shape index (κ3) is 6.16. The van der Waals surface area contributed by atoms with E-state index >= 15 is 0 Å². The van der Waals surface area contributed by atoms with Crippen LogP contribution in [0.2, 0.25) is 0 Å². The zero-order valence-corrected chi connectivity index (χ0v) is 20.4. The van der Waals surface area contributed by atoms with Crippen molar-refractivity contribution in [3.05, 3.63) is 59.2 Å². The van der Waals surface area contributed by atoms with Gasteiger partial charge in [0.2, 0.25) is 0 Å². The maximum Gasteiger partial charge on any atom is 0.305 e. The van der Waals surface area contributed by atoms with Gasteiger partial charge in [-0.25, -0.2) is 4.39 Å². The van der Waals surface area contributed by atoms with E-state index in [1.807, 2.05) is 10.9 Å². The molecule has 1 aliphatic heterocycles. The molecule has 0 spiro atoms. The van der Waals surface area contributed by atoms with Gasteiger partial charge < -0.3 is 4.74 Å². The normalized spacial score (nSPS) is 20.9. The lowest BCUT2D eigenvalue weighted by Gasteiger charge is -2.37. The number of nitrogens with zero attached hydrogens (tertiary/aromatic N) is 3. The fourth-order valence-corrected chi connectivity index (χ4v) is 4.75. The molecule has 182 valence electrons. The second kappa shape index (κ2) is 11.3. The summed E-state index contributed by atoms with van der Waals surface area (Å²) in [6.45, 7) is 4.07. The van der Waals surface area contributed by atoms with E-state index < -0.39 is 6.04 Å². The Hall–Kier alpha value is -2.45. The number of esters is 1. The molecule has 4 rings (SSSR count). The Bertz CT molecular complexity index is 1050. The van der Waals surface area contributed by atoms with Crippen LogP contribution in [0.15, 0.2) is 42.2 Å². The Morgan fingerprint density at radius 1 is 1.29 bits per heavy atom. The number of ketones is 1.